The lowest BCUT2D eigenvalue weighted by atomic mass is 10.0. The van der Waals surface area contributed by atoms with Crippen molar-refractivity contribution in [3.63, 3.8) is 0 Å². The summed E-state index contributed by atoms with van der Waals surface area (Å²) in [5, 5.41) is 0. The first kappa shape index (κ1) is 11.1. The Hall–Kier alpha value is -0.950. The Labute approximate surface area is 91.4 Å². The van der Waals surface area contributed by atoms with E-state index in [1.807, 2.05) is 0 Å². The minimum Gasteiger partial charge on any atom is -0.398 e. The molecule has 1 aromatic rings. The second kappa shape index (κ2) is 4.52. The number of halogens is 1. The molecule has 2 rings (SSSR count). The highest BCUT2D eigenvalue weighted by atomic mass is 35.5. The highest BCUT2D eigenvalue weighted by Gasteiger charge is 2.10. The van der Waals surface area contributed by atoms with Crippen molar-refractivity contribution in [1.29, 1.82) is 0 Å². The lowest BCUT2D eigenvalue weighted by molar-refractivity contribution is 0.935. The molecule has 1 aliphatic rings. The Morgan fingerprint density at radius 1 is 1.29 bits per heavy atom. The Morgan fingerprint density at radius 2 is 2.07 bits per heavy atom. The number of aryl methyl sites for hydroxylation is 1. The smallest absolute Gasteiger partial charge is 0.0420 e. The first-order chi connectivity index (χ1) is 6.29. The van der Waals surface area contributed by atoms with Crippen LogP contribution in [0.3, 0.4) is 0 Å². The van der Waals surface area contributed by atoms with Gasteiger partial charge in [-0.15, -0.1) is 12.4 Å². The summed E-state index contributed by atoms with van der Waals surface area (Å²) in [6, 6.07) is 6.27. The monoisotopic (exact) mass is 209 g/mol. The van der Waals surface area contributed by atoms with E-state index < -0.39 is 0 Å². The Morgan fingerprint density at radius 3 is 2.71 bits per heavy atom. The van der Waals surface area contributed by atoms with Crippen molar-refractivity contribution in [2.75, 3.05) is 5.73 Å². The maximum atomic E-state index is 6.02. The molecule has 0 bridgehead atoms. The number of hydrogen-bond acceptors (Lipinski definition) is 1. The zero-order valence-corrected chi connectivity index (χ0v) is 9.23. The number of rotatable bonds is 1. The zero-order chi connectivity index (χ0) is 9.26. The van der Waals surface area contributed by atoms with Gasteiger partial charge in [0.2, 0.25) is 0 Å². The summed E-state index contributed by atoms with van der Waals surface area (Å²) in [7, 11) is 0. The van der Waals surface area contributed by atoms with Gasteiger partial charge in [0.15, 0.2) is 0 Å². The first-order valence-corrected chi connectivity index (χ1v) is 4.83. The third-order valence-corrected chi connectivity index (χ3v) is 2.71. The average molecular weight is 210 g/mol. The highest BCUT2D eigenvalue weighted by Crippen LogP contribution is 2.32. The van der Waals surface area contributed by atoms with Crippen molar-refractivity contribution in [3.8, 4) is 0 Å². The molecule has 0 radical (unpaired) electrons. The highest BCUT2D eigenvalue weighted by molar-refractivity contribution is 5.85. The van der Waals surface area contributed by atoms with Gasteiger partial charge in [-0.3, -0.25) is 0 Å². The molecular formula is C12H16ClN. The molecule has 0 atom stereocenters. The molecule has 0 aliphatic heterocycles. The maximum Gasteiger partial charge on any atom is 0.0420 e. The van der Waals surface area contributed by atoms with Gasteiger partial charge < -0.3 is 5.73 Å². The van der Waals surface area contributed by atoms with Gasteiger partial charge in [0, 0.05) is 11.3 Å². The van der Waals surface area contributed by atoms with Gasteiger partial charge in [-0.25, -0.2) is 0 Å². The summed E-state index contributed by atoms with van der Waals surface area (Å²) in [6.45, 7) is 2.06. The van der Waals surface area contributed by atoms with Crippen LogP contribution in [0.4, 0.5) is 5.69 Å². The van der Waals surface area contributed by atoms with E-state index in [0.29, 0.717) is 0 Å². The Kier molecular flexibility index (Phi) is 3.59. The number of nitrogens with two attached hydrogens (primary N) is 1. The number of hydrogen-bond donors (Lipinski definition) is 1. The molecule has 0 unspecified atom stereocenters. The molecule has 0 fully saturated rings. The lowest BCUT2D eigenvalue weighted by Crippen LogP contribution is -1.95. The summed E-state index contributed by atoms with van der Waals surface area (Å²) in [5.41, 5.74) is 10.8. The van der Waals surface area contributed by atoms with Gasteiger partial charge in [-0.1, -0.05) is 24.3 Å². The topological polar surface area (TPSA) is 26.0 Å². The summed E-state index contributed by atoms with van der Waals surface area (Å²) >= 11 is 0. The van der Waals surface area contributed by atoms with Gasteiger partial charge >= 0.3 is 0 Å². The molecule has 0 amide bonds. The molecule has 0 saturated heterocycles. The van der Waals surface area contributed by atoms with Crippen molar-refractivity contribution >= 4 is 23.7 Å². The maximum absolute atomic E-state index is 6.02. The van der Waals surface area contributed by atoms with E-state index in [4.69, 9.17) is 5.73 Å². The largest absolute Gasteiger partial charge is 0.398 e. The fourth-order valence-electron chi connectivity index (χ4n) is 1.88. The van der Waals surface area contributed by atoms with E-state index in [1.165, 1.54) is 36.0 Å². The van der Waals surface area contributed by atoms with Gasteiger partial charge in [0.05, 0.1) is 0 Å². The number of benzene rings is 1. The van der Waals surface area contributed by atoms with Crippen molar-refractivity contribution in [1.82, 2.24) is 0 Å². The molecular weight excluding hydrogens is 194 g/mol. The average Bonchev–Trinajstić information content (AvgIpc) is 2.62. The molecule has 0 saturated carbocycles. The number of anilines is 1. The molecule has 14 heavy (non-hydrogen) atoms. The van der Waals surface area contributed by atoms with E-state index >= 15 is 0 Å². The van der Waals surface area contributed by atoms with Crippen molar-refractivity contribution in [2.45, 2.75) is 26.2 Å². The van der Waals surface area contributed by atoms with Crippen LogP contribution in [0.5, 0.6) is 0 Å². The van der Waals surface area contributed by atoms with E-state index in [2.05, 4.69) is 31.2 Å². The standard InChI is InChI=1S/C12H15N.ClH/c1-9-5-4-8-11(12(9)13)10-6-2-3-7-10;/h4-6,8H,2-3,7,13H2,1H3;1H. The van der Waals surface area contributed by atoms with Crippen LogP contribution in [0.1, 0.15) is 30.4 Å². The second-order valence-electron chi connectivity index (χ2n) is 3.66. The normalized spacial score (nSPS) is 14.8. The summed E-state index contributed by atoms with van der Waals surface area (Å²) in [4.78, 5) is 0. The van der Waals surface area contributed by atoms with Crippen molar-refractivity contribution in [2.24, 2.45) is 0 Å². The molecule has 2 heteroatoms. The quantitative estimate of drug-likeness (QED) is 0.704. The van der Waals surface area contributed by atoms with Gasteiger partial charge in [-0.2, -0.15) is 0 Å². The van der Waals surface area contributed by atoms with E-state index in [0.717, 1.165) is 5.69 Å². The van der Waals surface area contributed by atoms with Crippen LogP contribution in [0.15, 0.2) is 24.3 Å². The number of allylic oxidation sites excluding steroid dienone is 2. The SMILES string of the molecule is Cc1cccc(C2=CCCC2)c1N.Cl. The molecule has 0 heterocycles. The summed E-state index contributed by atoms with van der Waals surface area (Å²) in [5.74, 6) is 0. The minimum atomic E-state index is 0. The van der Waals surface area contributed by atoms with Crippen LogP contribution < -0.4 is 5.73 Å². The molecule has 1 aliphatic carbocycles. The predicted octanol–water partition coefficient (Wildman–Crippen LogP) is 3.57. The van der Waals surface area contributed by atoms with E-state index in [9.17, 15) is 0 Å². The second-order valence-corrected chi connectivity index (χ2v) is 3.66. The minimum absolute atomic E-state index is 0. The predicted molar refractivity (Wildman–Crippen MR) is 64.7 cm³/mol. The molecule has 76 valence electrons. The first-order valence-electron chi connectivity index (χ1n) is 4.83. The fourth-order valence-corrected chi connectivity index (χ4v) is 1.88. The Balaban J connectivity index is 0.000000980. The van der Waals surface area contributed by atoms with Gasteiger partial charge in [0.25, 0.3) is 0 Å². The van der Waals surface area contributed by atoms with Crippen LogP contribution in [-0.4, -0.2) is 0 Å². The van der Waals surface area contributed by atoms with Crippen LogP contribution >= 0.6 is 12.4 Å². The van der Waals surface area contributed by atoms with E-state index in [1.54, 1.807) is 0 Å². The van der Waals surface area contributed by atoms with Crippen LogP contribution in [0, 0.1) is 6.92 Å². The van der Waals surface area contributed by atoms with Crippen LogP contribution in [0.25, 0.3) is 5.57 Å². The fraction of sp³-hybridized carbons (Fsp3) is 0.333. The van der Waals surface area contributed by atoms with Gasteiger partial charge in [0.1, 0.15) is 0 Å². The molecule has 2 N–H and O–H groups in total. The molecule has 1 nitrogen and oxygen atoms in total. The van der Waals surface area contributed by atoms with Gasteiger partial charge in [-0.05, 0) is 37.3 Å². The molecule has 0 aromatic heterocycles. The third kappa shape index (κ3) is 1.93. The molecule has 0 spiro atoms. The van der Waals surface area contributed by atoms with Crippen LogP contribution in [0.2, 0.25) is 0 Å². The number of nitrogen functional groups attached to an aromatic ring is 1. The summed E-state index contributed by atoms with van der Waals surface area (Å²) in [6.07, 6.45) is 5.99. The molecule has 1 aromatic carbocycles. The summed E-state index contributed by atoms with van der Waals surface area (Å²) < 4.78 is 0. The van der Waals surface area contributed by atoms with Crippen molar-refractivity contribution < 1.29 is 0 Å². The van der Waals surface area contributed by atoms with Crippen molar-refractivity contribution in [3.05, 3.63) is 35.4 Å². The number of para-hydroxylation sites is 1. The van der Waals surface area contributed by atoms with E-state index in [-0.39, 0.29) is 12.4 Å². The lowest BCUT2D eigenvalue weighted by Gasteiger charge is -2.08. The third-order valence-electron chi connectivity index (χ3n) is 2.71. The van der Waals surface area contributed by atoms with Crippen LogP contribution in [-0.2, 0) is 0 Å². The Bertz CT molecular complexity index is 355. The zero-order valence-electron chi connectivity index (χ0n) is 8.42.